The van der Waals surface area contributed by atoms with Gasteiger partial charge in [-0.1, -0.05) is 48.2 Å². The number of rotatable bonds is 5. The summed E-state index contributed by atoms with van der Waals surface area (Å²) in [6.07, 6.45) is 0. The van der Waals surface area contributed by atoms with Crippen LogP contribution in [0.1, 0.15) is 22.8 Å². The summed E-state index contributed by atoms with van der Waals surface area (Å²) in [6, 6.07) is 19.2. The number of hydrogen-bond acceptors (Lipinski definition) is 5. The van der Waals surface area contributed by atoms with Crippen LogP contribution in [0.5, 0.6) is 0 Å². The molecule has 4 rings (SSSR count). The maximum absolute atomic E-state index is 13.1. The van der Waals surface area contributed by atoms with Crippen molar-refractivity contribution in [1.29, 1.82) is 0 Å². The van der Waals surface area contributed by atoms with E-state index in [0.29, 0.717) is 33.9 Å². The van der Waals surface area contributed by atoms with E-state index in [9.17, 15) is 9.59 Å². The van der Waals surface area contributed by atoms with E-state index in [1.54, 1.807) is 10.6 Å². The second kappa shape index (κ2) is 8.09. The maximum atomic E-state index is 13.1. The molecule has 0 atom stereocenters. The summed E-state index contributed by atoms with van der Waals surface area (Å²) in [5.41, 5.74) is 2.14. The summed E-state index contributed by atoms with van der Waals surface area (Å²) < 4.78 is 6.49. The number of hydrogen-bond donors (Lipinski definition) is 0. The van der Waals surface area contributed by atoms with E-state index in [1.807, 2.05) is 61.5 Å². The number of aromatic nitrogens is 2. The van der Waals surface area contributed by atoms with Crippen molar-refractivity contribution in [3.05, 3.63) is 82.1 Å². The highest BCUT2D eigenvalue weighted by Gasteiger charge is 2.12. The van der Waals surface area contributed by atoms with Crippen LogP contribution in [0.15, 0.2) is 70.6 Å². The van der Waals surface area contributed by atoms with Crippen molar-refractivity contribution in [2.75, 3.05) is 7.11 Å². The second-order valence-electron chi connectivity index (χ2n) is 6.64. The number of nitrogens with zero attached hydrogens (tertiary/aromatic N) is 2. The van der Waals surface area contributed by atoms with E-state index in [4.69, 9.17) is 9.72 Å². The highest BCUT2D eigenvalue weighted by Crippen LogP contribution is 2.25. The average molecular weight is 404 g/mol. The summed E-state index contributed by atoms with van der Waals surface area (Å²) in [5.74, 6) is 0.231. The zero-order chi connectivity index (χ0) is 20.4. The molecule has 0 radical (unpaired) electrons. The molecule has 29 heavy (non-hydrogen) atoms. The fraction of sp³-hybridized carbons (Fsp3) is 0.174. The Kier molecular flexibility index (Phi) is 5.36. The first-order chi connectivity index (χ1) is 14.1. The highest BCUT2D eigenvalue weighted by atomic mass is 32.2. The van der Waals surface area contributed by atoms with Crippen molar-refractivity contribution in [1.82, 2.24) is 9.55 Å². The third-order valence-corrected chi connectivity index (χ3v) is 5.87. The van der Waals surface area contributed by atoms with E-state index in [2.05, 4.69) is 0 Å². The van der Waals surface area contributed by atoms with Gasteiger partial charge in [-0.3, -0.25) is 9.36 Å². The van der Waals surface area contributed by atoms with Gasteiger partial charge in [0.1, 0.15) is 0 Å². The molecular weight excluding hydrogens is 384 g/mol. The van der Waals surface area contributed by atoms with Crippen LogP contribution < -0.4 is 5.56 Å². The minimum absolute atomic E-state index is 0.0333. The standard InChI is InChI=1S/C23H20N2O3S/c1-3-25-21(26)19-12-16-8-4-5-9-17(16)13-20(19)24-23(25)29-14-15-7-6-10-18(11-15)22(27)28-2/h4-13H,3,14H2,1-2H3. The summed E-state index contributed by atoms with van der Waals surface area (Å²) in [5, 5.41) is 3.38. The van der Waals surface area contributed by atoms with Crippen molar-refractivity contribution in [3.63, 3.8) is 0 Å². The van der Waals surface area contributed by atoms with Crippen LogP contribution in [0, 0.1) is 0 Å². The van der Waals surface area contributed by atoms with Gasteiger partial charge in [-0.2, -0.15) is 0 Å². The van der Waals surface area contributed by atoms with Crippen molar-refractivity contribution in [2.24, 2.45) is 0 Å². The number of methoxy groups -OCH3 is 1. The number of ether oxygens (including phenoxy) is 1. The number of thioether (sulfide) groups is 1. The molecule has 0 unspecified atom stereocenters. The first-order valence-corrected chi connectivity index (χ1v) is 10.3. The molecule has 0 spiro atoms. The Labute approximate surface area is 172 Å². The lowest BCUT2D eigenvalue weighted by atomic mass is 10.1. The molecule has 1 heterocycles. The smallest absolute Gasteiger partial charge is 0.337 e. The monoisotopic (exact) mass is 404 g/mol. The van der Waals surface area contributed by atoms with Gasteiger partial charge in [0.05, 0.1) is 23.6 Å². The van der Waals surface area contributed by atoms with Crippen LogP contribution in [0.4, 0.5) is 0 Å². The number of esters is 1. The quantitative estimate of drug-likeness (QED) is 0.210. The zero-order valence-electron chi connectivity index (χ0n) is 16.2. The Bertz CT molecular complexity index is 1280. The van der Waals surface area contributed by atoms with Crippen LogP contribution in [0.3, 0.4) is 0 Å². The highest BCUT2D eigenvalue weighted by molar-refractivity contribution is 7.98. The van der Waals surface area contributed by atoms with Gasteiger partial charge in [0.15, 0.2) is 5.16 Å². The topological polar surface area (TPSA) is 61.2 Å². The van der Waals surface area contributed by atoms with Crippen LogP contribution in [0.2, 0.25) is 0 Å². The third kappa shape index (κ3) is 3.76. The molecule has 0 N–H and O–H groups in total. The van der Waals surface area contributed by atoms with E-state index in [0.717, 1.165) is 16.3 Å². The number of fused-ring (bicyclic) bond motifs is 2. The lowest BCUT2D eigenvalue weighted by Gasteiger charge is -2.12. The Morgan fingerprint density at radius 1 is 1.07 bits per heavy atom. The summed E-state index contributed by atoms with van der Waals surface area (Å²) in [4.78, 5) is 29.6. The molecule has 0 aliphatic heterocycles. The third-order valence-electron chi connectivity index (χ3n) is 4.82. The Balaban J connectivity index is 1.72. The van der Waals surface area contributed by atoms with Gasteiger partial charge in [-0.05, 0) is 47.5 Å². The van der Waals surface area contributed by atoms with Crippen LogP contribution in [-0.2, 0) is 17.0 Å². The van der Waals surface area contributed by atoms with Gasteiger partial charge in [-0.15, -0.1) is 0 Å². The lowest BCUT2D eigenvalue weighted by Crippen LogP contribution is -2.22. The van der Waals surface area contributed by atoms with Crippen molar-refractivity contribution in [2.45, 2.75) is 24.4 Å². The van der Waals surface area contributed by atoms with E-state index in [-0.39, 0.29) is 11.5 Å². The van der Waals surface area contributed by atoms with Crippen LogP contribution in [-0.4, -0.2) is 22.6 Å². The molecular formula is C23H20N2O3S. The normalized spacial score (nSPS) is 11.1. The van der Waals surface area contributed by atoms with Gasteiger partial charge in [0.2, 0.25) is 0 Å². The molecule has 0 saturated carbocycles. The molecule has 0 aliphatic carbocycles. The van der Waals surface area contributed by atoms with Crippen molar-refractivity contribution >= 4 is 39.4 Å². The first kappa shape index (κ1) is 19.2. The predicted octanol–water partition coefficient (Wildman–Crippen LogP) is 4.65. The molecule has 3 aromatic carbocycles. The van der Waals surface area contributed by atoms with Crippen molar-refractivity contribution in [3.8, 4) is 0 Å². The van der Waals surface area contributed by atoms with Gasteiger partial charge < -0.3 is 4.74 Å². The summed E-state index contributed by atoms with van der Waals surface area (Å²) in [7, 11) is 1.37. The minimum atomic E-state index is -0.363. The van der Waals surface area contributed by atoms with Gasteiger partial charge in [0.25, 0.3) is 5.56 Å². The van der Waals surface area contributed by atoms with Gasteiger partial charge >= 0.3 is 5.97 Å². The molecule has 5 nitrogen and oxygen atoms in total. The molecule has 0 fully saturated rings. The zero-order valence-corrected chi connectivity index (χ0v) is 17.0. The first-order valence-electron chi connectivity index (χ1n) is 9.34. The second-order valence-corrected chi connectivity index (χ2v) is 7.58. The molecule has 0 bridgehead atoms. The van der Waals surface area contributed by atoms with Crippen molar-refractivity contribution < 1.29 is 9.53 Å². The van der Waals surface area contributed by atoms with E-state index >= 15 is 0 Å². The van der Waals surface area contributed by atoms with Gasteiger partial charge in [-0.25, -0.2) is 9.78 Å². The largest absolute Gasteiger partial charge is 0.465 e. The molecule has 6 heteroatoms. The Morgan fingerprint density at radius 2 is 1.83 bits per heavy atom. The molecule has 0 aliphatic rings. The minimum Gasteiger partial charge on any atom is -0.465 e. The molecule has 0 saturated heterocycles. The Hall–Kier alpha value is -3.12. The lowest BCUT2D eigenvalue weighted by molar-refractivity contribution is 0.0600. The maximum Gasteiger partial charge on any atom is 0.337 e. The predicted molar refractivity (Wildman–Crippen MR) is 117 cm³/mol. The summed E-state index contributed by atoms with van der Waals surface area (Å²) >= 11 is 1.49. The molecule has 146 valence electrons. The fourth-order valence-electron chi connectivity index (χ4n) is 3.33. The Morgan fingerprint density at radius 3 is 2.55 bits per heavy atom. The molecule has 0 amide bonds. The molecule has 4 aromatic rings. The van der Waals surface area contributed by atoms with Crippen LogP contribution >= 0.6 is 11.8 Å². The van der Waals surface area contributed by atoms with Gasteiger partial charge in [0, 0.05) is 12.3 Å². The number of carbonyl (C=O) groups is 1. The SMILES string of the molecule is CCn1c(SCc2cccc(C(=O)OC)c2)nc2cc3ccccc3cc2c1=O. The number of carbonyl (C=O) groups excluding carboxylic acids is 1. The average Bonchev–Trinajstić information content (AvgIpc) is 2.76. The number of benzene rings is 3. The van der Waals surface area contributed by atoms with E-state index < -0.39 is 0 Å². The fourth-order valence-corrected chi connectivity index (χ4v) is 4.34. The summed E-state index contributed by atoms with van der Waals surface area (Å²) in [6.45, 7) is 2.48. The van der Waals surface area contributed by atoms with Crippen LogP contribution in [0.25, 0.3) is 21.7 Å². The van der Waals surface area contributed by atoms with E-state index in [1.165, 1.54) is 18.9 Å². The molecule has 1 aromatic heterocycles.